The molecule has 0 unspecified atom stereocenters. The van der Waals surface area contributed by atoms with Gasteiger partial charge in [-0.15, -0.1) is 0 Å². The van der Waals surface area contributed by atoms with Gasteiger partial charge in [0.05, 0.1) is 25.2 Å². The summed E-state index contributed by atoms with van der Waals surface area (Å²) in [6, 6.07) is 8.60. The van der Waals surface area contributed by atoms with Crippen LogP contribution in [-0.4, -0.2) is 56.4 Å². The average molecular weight is 332 g/mol. The van der Waals surface area contributed by atoms with E-state index < -0.39 is 0 Å². The fourth-order valence-corrected chi connectivity index (χ4v) is 3.90. The molecule has 3 rings (SSSR count). The highest BCUT2D eigenvalue weighted by atomic mass is 16.5. The lowest BCUT2D eigenvalue weighted by molar-refractivity contribution is -0.144. The molecule has 0 bridgehead atoms. The van der Waals surface area contributed by atoms with Crippen molar-refractivity contribution in [3.05, 3.63) is 29.8 Å². The first-order valence-corrected chi connectivity index (χ1v) is 8.85. The Morgan fingerprint density at radius 1 is 1.21 bits per heavy atom. The Labute approximate surface area is 144 Å². The molecule has 0 saturated carbocycles. The van der Waals surface area contributed by atoms with Crippen molar-refractivity contribution in [3.63, 3.8) is 0 Å². The molecule has 0 N–H and O–H groups in total. The number of nitrogens with zero attached hydrogens (tertiary/aromatic N) is 2. The second kappa shape index (κ2) is 7.53. The number of likely N-dealkylation sites (tertiary alicyclic amines) is 1. The van der Waals surface area contributed by atoms with Crippen LogP contribution in [0.15, 0.2) is 24.3 Å². The lowest BCUT2D eigenvalue weighted by atomic mass is 10.1. The van der Waals surface area contributed by atoms with Crippen molar-refractivity contribution in [1.29, 1.82) is 0 Å². The number of para-hydroxylation sites is 1. The molecule has 0 amide bonds. The van der Waals surface area contributed by atoms with Crippen LogP contribution in [0.2, 0.25) is 0 Å². The summed E-state index contributed by atoms with van der Waals surface area (Å²) in [6.07, 6.45) is 1.38. The number of hydrogen-bond acceptors (Lipinski definition) is 5. The van der Waals surface area contributed by atoms with Crippen LogP contribution in [0.4, 0.5) is 5.69 Å². The van der Waals surface area contributed by atoms with Crippen molar-refractivity contribution in [1.82, 2.24) is 4.90 Å². The van der Waals surface area contributed by atoms with Crippen LogP contribution in [0.1, 0.15) is 25.8 Å². The minimum atomic E-state index is -0.0818. The van der Waals surface area contributed by atoms with E-state index in [1.54, 1.807) is 0 Å². The predicted molar refractivity (Wildman–Crippen MR) is 94.1 cm³/mol. The zero-order valence-electron chi connectivity index (χ0n) is 14.9. The van der Waals surface area contributed by atoms with Gasteiger partial charge in [0.1, 0.15) is 0 Å². The first kappa shape index (κ1) is 17.2. The van der Waals surface area contributed by atoms with Gasteiger partial charge in [-0.05, 0) is 38.4 Å². The smallest absolute Gasteiger partial charge is 0.310 e. The summed E-state index contributed by atoms with van der Waals surface area (Å²) >= 11 is 0. The Bertz CT molecular complexity index is 567. The summed E-state index contributed by atoms with van der Waals surface area (Å²) in [5, 5.41) is 0. The van der Waals surface area contributed by atoms with Gasteiger partial charge in [-0.2, -0.15) is 0 Å². The Balaban J connectivity index is 1.70. The third-order valence-electron chi connectivity index (χ3n) is 4.95. The number of hydrogen-bond donors (Lipinski definition) is 0. The van der Waals surface area contributed by atoms with E-state index in [-0.39, 0.29) is 24.1 Å². The quantitative estimate of drug-likeness (QED) is 0.792. The number of benzene rings is 1. The van der Waals surface area contributed by atoms with Gasteiger partial charge in [-0.1, -0.05) is 18.2 Å². The number of morpholine rings is 1. The van der Waals surface area contributed by atoms with Gasteiger partial charge in [-0.3, -0.25) is 9.69 Å². The lowest BCUT2D eigenvalue weighted by Crippen LogP contribution is -2.46. The molecule has 2 saturated heterocycles. The number of rotatable bonds is 4. The molecule has 0 spiro atoms. The highest BCUT2D eigenvalue weighted by molar-refractivity contribution is 5.72. The molecular formula is C19H28N2O3. The zero-order valence-corrected chi connectivity index (χ0v) is 14.9. The first-order valence-electron chi connectivity index (χ1n) is 8.85. The van der Waals surface area contributed by atoms with E-state index in [4.69, 9.17) is 9.47 Å². The van der Waals surface area contributed by atoms with Crippen molar-refractivity contribution in [3.8, 4) is 0 Å². The van der Waals surface area contributed by atoms with Crippen LogP contribution in [-0.2, 0) is 20.8 Å². The monoisotopic (exact) mass is 332 g/mol. The second-order valence-corrected chi connectivity index (χ2v) is 7.03. The molecule has 1 aromatic rings. The molecule has 2 aliphatic rings. The highest BCUT2D eigenvalue weighted by Crippen LogP contribution is 2.27. The maximum atomic E-state index is 11.7. The van der Waals surface area contributed by atoms with E-state index in [1.807, 2.05) is 0 Å². The Kier molecular flexibility index (Phi) is 5.41. The van der Waals surface area contributed by atoms with Crippen LogP contribution in [0.5, 0.6) is 0 Å². The minimum Gasteiger partial charge on any atom is -0.469 e. The van der Waals surface area contributed by atoms with Gasteiger partial charge in [0, 0.05) is 31.9 Å². The summed E-state index contributed by atoms with van der Waals surface area (Å²) in [7, 11) is 1.47. The number of esters is 1. The SMILES string of the molecule is COC(=O)[C@@H]1CCN(Cc2ccccc2N2C[C@@H](C)O[C@@H](C)C2)C1. The first-order chi connectivity index (χ1) is 11.6. The average Bonchev–Trinajstić information content (AvgIpc) is 3.02. The topological polar surface area (TPSA) is 42.0 Å². The molecule has 5 nitrogen and oxygen atoms in total. The molecule has 5 heteroatoms. The second-order valence-electron chi connectivity index (χ2n) is 7.03. The molecule has 0 aromatic heterocycles. The normalized spacial score (nSPS) is 28.1. The summed E-state index contributed by atoms with van der Waals surface area (Å²) in [5.74, 6) is -0.0628. The van der Waals surface area contributed by atoms with Crippen molar-refractivity contribution in [2.24, 2.45) is 5.92 Å². The third kappa shape index (κ3) is 3.90. The maximum Gasteiger partial charge on any atom is 0.310 e. The van der Waals surface area contributed by atoms with Crippen molar-refractivity contribution in [2.75, 3.05) is 38.2 Å². The largest absolute Gasteiger partial charge is 0.469 e. The zero-order chi connectivity index (χ0) is 17.1. The van der Waals surface area contributed by atoms with E-state index in [2.05, 4.69) is 47.9 Å². The molecule has 24 heavy (non-hydrogen) atoms. The van der Waals surface area contributed by atoms with Gasteiger partial charge in [-0.25, -0.2) is 0 Å². The lowest BCUT2D eigenvalue weighted by Gasteiger charge is -2.38. The number of carbonyl (C=O) groups excluding carboxylic acids is 1. The Hall–Kier alpha value is -1.59. The number of methoxy groups -OCH3 is 1. The van der Waals surface area contributed by atoms with E-state index in [1.165, 1.54) is 18.4 Å². The Morgan fingerprint density at radius 3 is 2.62 bits per heavy atom. The predicted octanol–water partition coefficient (Wildman–Crippen LogP) is 2.30. The summed E-state index contributed by atoms with van der Waals surface area (Å²) in [5.41, 5.74) is 2.62. The van der Waals surface area contributed by atoms with Crippen LogP contribution in [0, 0.1) is 5.92 Å². The van der Waals surface area contributed by atoms with Crippen LogP contribution >= 0.6 is 0 Å². The molecule has 2 fully saturated rings. The molecule has 132 valence electrons. The van der Waals surface area contributed by atoms with Gasteiger partial charge < -0.3 is 14.4 Å². The molecule has 2 aliphatic heterocycles. The van der Waals surface area contributed by atoms with Crippen molar-refractivity contribution >= 4 is 11.7 Å². The fourth-order valence-electron chi connectivity index (χ4n) is 3.90. The van der Waals surface area contributed by atoms with Crippen LogP contribution in [0.25, 0.3) is 0 Å². The number of ether oxygens (including phenoxy) is 2. The van der Waals surface area contributed by atoms with E-state index in [0.29, 0.717) is 0 Å². The van der Waals surface area contributed by atoms with E-state index in [0.717, 1.165) is 39.1 Å². The summed E-state index contributed by atoms with van der Waals surface area (Å²) < 4.78 is 10.7. The Morgan fingerprint density at radius 2 is 1.92 bits per heavy atom. The highest BCUT2D eigenvalue weighted by Gasteiger charge is 2.30. The van der Waals surface area contributed by atoms with Crippen LogP contribution in [0.3, 0.4) is 0 Å². The maximum absolute atomic E-state index is 11.7. The van der Waals surface area contributed by atoms with Crippen LogP contribution < -0.4 is 4.90 Å². The molecule has 2 heterocycles. The third-order valence-corrected chi connectivity index (χ3v) is 4.95. The molecule has 0 radical (unpaired) electrons. The number of anilines is 1. The molecule has 0 aliphatic carbocycles. The van der Waals surface area contributed by atoms with Gasteiger partial charge >= 0.3 is 5.97 Å². The van der Waals surface area contributed by atoms with E-state index >= 15 is 0 Å². The van der Waals surface area contributed by atoms with Gasteiger partial charge in [0.2, 0.25) is 0 Å². The molecular weight excluding hydrogens is 304 g/mol. The fraction of sp³-hybridized carbons (Fsp3) is 0.632. The van der Waals surface area contributed by atoms with E-state index in [9.17, 15) is 4.79 Å². The standard InChI is InChI=1S/C19H28N2O3/c1-14-10-21(11-15(2)24-14)18-7-5-4-6-16(18)12-20-9-8-17(13-20)19(22)23-3/h4-7,14-15,17H,8-13H2,1-3H3/t14-,15+,17-/m1/s1. The summed E-state index contributed by atoms with van der Waals surface area (Å²) in [6.45, 7) is 8.72. The molecule has 3 atom stereocenters. The van der Waals surface area contributed by atoms with Crippen molar-refractivity contribution < 1.29 is 14.3 Å². The van der Waals surface area contributed by atoms with Crippen molar-refractivity contribution in [2.45, 2.75) is 39.0 Å². The molecule has 1 aromatic carbocycles. The van der Waals surface area contributed by atoms with Gasteiger partial charge in [0.15, 0.2) is 0 Å². The number of carbonyl (C=O) groups is 1. The summed E-state index contributed by atoms with van der Waals surface area (Å²) in [4.78, 5) is 16.5. The van der Waals surface area contributed by atoms with Gasteiger partial charge in [0.25, 0.3) is 0 Å². The minimum absolute atomic E-state index is 0.0191.